The minimum Gasteiger partial charge on any atom is -0.497 e. The van der Waals surface area contributed by atoms with E-state index in [-0.39, 0.29) is 6.61 Å². The first kappa shape index (κ1) is 15.8. The van der Waals surface area contributed by atoms with Crippen molar-refractivity contribution in [3.63, 3.8) is 0 Å². The molecule has 0 bridgehead atoms. The summed E-state index contributed by atoms with van der Waals surface area (Å²) in [6.07, 6.45) is 1.06. The van der Waals surface area contributed by atoms with Crippen LogP contribution in [0.25, 0.3) is 0 Å². The third-order valence-corrected chi connectivity index (χ3v) is 2.77. The van der Waals surface area contributed by atoms with Crippen molar-refractivity contribution in [3.8, 4) is 11.5 Å². The first-order valence-corrected chi connectivity index (χ1v) is 6.65. The van der Waals surface area contributed by atoms with E-state index in [0.717, 1.165) is 18.6 Å². The normalized spacial score (nSPS) is 10.8. The van der Waals surface area contributed by atoms with E-state index in [2.05, 4.69) is 13.8 Å². The standard InChI is InChI=1S/C15H24O4/c1-12(2)6-7-18-8-9-19-15-10-14(17-3)5-4-13(15)11-16/h4-5,10,12,16H,6-9,11H2,1-3H3. The molecule has 0 aliphatic heterocycles. The Morgan fingerprint density at radius 3 is 2.58 bits per heavy atom. The summed E-state index contributed by atoms with van der Waals surface area (Å²) in [5.74, 6) is 2.02. The first-order chi connectivity index (χ1) is 9.17. The fraction of sp³-hybridized carbons (Fsp3) is 0.600. The van der Waals surface area contributed by atoms with Gasteiger partial charge in [-0.05, 0) is 24.5 Å². The predicted octanol–water partition coefficient (Wildman–Crippen LogP) is 2.63. The highest BCUT2D eigenvalue weighted by Gasteiger charge is 2.05. The van der Waals surface area contributed by atoms with E-state index >= 15 is 0 Å². The number of ether oxygens (including phenoxy) is 3. The van der Waals surface area contributed by atoms with E-state index in [1.165, 1.54) is 0 Å². The molecule has 4 heteroatoms. The van der Waals surface area contributed by atoms with Crippen molar-refractivity contribution < 1.29 is 19.3 Å². The Bertz CT molecular complexity index is 363. The van der Waals surface area contributed by atoms with Crippen LogP contribution >= 0.6 is 0 Å². The Morgan fingerprint density at radius 2 is 1.95 bits per heavy atom. The van der Waals surface area contributed by atoms with Crippen LogP contribution in [0.5, 0.6) is 11.5 Å². The van der Waals surface area contributed by atoms with Crippen molar-refractivity contribution >= 4 is 0 Å². The van der Waals surface area contributed by atoms with E-state index in [0.29, 0.717) is 30.6 Å². The molecule has 0 aliphatic carbocycles. The molecule has 4 nitrogen and oxygen atoms in total. The van der Waals surface area contributed by atoms with Crippen LogP contribution < -0.4 is 9.47 Å². The van der Waals surface area contributed by atoms with E-state index in [4.69, 9.17) is 14.2 Å². The lowest BCUT2D eigenvalue weighted by Gasteiger charge is -2.12. The Labute approximate surface area is 115 Å². The zero-order chi connectivity index (χ0) is 14.1. The molecule has 108 valence electrons. The van der Waals surface area contributed by atoms with Crippen molar-refractivity contribution in [2.45, 2.75) is 26.9 Å². The average molecular weight is 268 g/mol. The maximum atomic E-state index is 9.23. The average Bonchev–Trinajstić information content (AvgIpc) is 2.42. The summed E-state index contributed by atoms with van der Waals surface area (Å²) in [6, 6.07) is 5.38. The molecule has 19 heavy (non-hydrogen) atoms. The van der Waals surface area contributed by atoms with Gasteiger partial charge < -0.3 is 19.3 Å². The maximum Gasteiger partial charge on any atom is 0.128 e. The highest BCUT2D eigenvalue weighted by molar-refractivity contribution is 5.40. The van der Waals surface area contributed by atoms with Gasteiger partial charge in [0.05, 0.1) is 20.3 Å². The Hall–Kier alpha value is -1.26. The molecule has 0 amide bonds. The van der Waals surface area contributed by atoms with Crippen molar-refractivity contribution in [1.82, 2.24) is 0 Å². The molecule has 0 spiro atoms. The molecule has 1 N–H and O–H groups in total. The summed E-state index contributed by atoms with van der Waals surface area (Å²) in [4.78, 5) is 0. The van der Waals surface area contributed by atoms with Crippen LogP contribution in [-0.4, -0.2) is 32.0 Å². The van der Waals surface area contributed by atoms with Gasteiger partial charge in [-0.15, -0.1) is 0 Å². The van der Waals surface area contributed by atoms with Gasteiger partial charge in [0.1, 0.15) is 18.1 Å². The third-order valence-electron chi connectivity index (χ3n) is 2.77. The van der Waals surface area contributed by atoms with Crippen molar-refractivity contribution in [3.05, 3.63) is 23.8 Å². The topological polar surface area (TPSA) is 47.9 Å². The Balaban J connectivity index is 2.35. The molecular formula is C15H24O4. The van der Waals surface area contributed by atoms with Gasteiger partial charge in [0.25, 0.3) is 0 Å². The van der Waals surface area contributed by atoms with Gasteiger partial charge in [-0.3, -0.25) is 0 Å². The van der Waals surface area contributed by atoms with E-state index < -0.39 is 0 Å². The smallest absolute Gasteiger partial charge is 0.128 e. The number of hydrogen-bond acceptors (Lipinski definition) is 4. The zero-order valence-corrected chi connectivity index (χ0v) is 12.0. The highest BCUT2D eigenvalue weighted by atomic mass is 16.5. The molecule has 0 fully saturated rings. The largest absolute Gasteiger partial charge is 0.497 e. The van der Waals surface area contributed by atoms with Crippen LogP contribution in [0.1, 0.15) is 25.8 Å². The zero-order valence-electron chi connectivity index (χ0n) is 12.0. The summed E-state index contributed by atoms with van der Waals surface area (Å²) in [7, 11) is 1.60. The predicted molar refractivity (Wildman–Crippen MR) is 74.7 cm³/mol. The molecule has 0 saturated heterocycles. The molecule has 0 aliphatic rings. The lowest BCUT2D eigenvalue weighted by atomic mass is 10.1. The van der Waals surface area contributed by atoms with E-state index in [1.807, 2.05) is 0 Å². The van der Waals surface area contributed by atoms with Gasteiger partial charge in [-0.2, -0.15) is 0 Å². The molecule has 1 aromatic carbocycles. The molecular weight excluding hydrogens is 244 g/mol. The van der Waals surface area contributed by atoms with Gasteiger partial charge >= 0.3 is 0 Å². The van der Waals surface area contributed by atoms with Crippen LogP contribution in [0.3, 0.4) is 0 Å². The minimum atomic E-state index is -0.0481. The van der Waals surface area contributed by atoms with Crippen molar-refractivity contribution in [2.75, 3.05) is 26.9 Å². The number of benzene rings is 1. The van der Waals surface area contributed by atoms with Crippen molar-refractivity contribution in [2.24, 2.45) is 5.92 Å². The van der Waals surface area contributed by atoms with Gasteiger partial charge in [-0.25, -0.2) is 0 Å². The lowest BCUT2D eigenvalue weighted by molar-refractivity contribution is 0.0916. The van der Waals surface area contributed by atoms with Gasteiger partial charge in [0.2, 0.25) is 0 Å². The van der Waals surface area contributed by atoms with Crippen LogP contribution in [0.2, 0.25) is 0 Å². The maximum absolute atomic E-state index is 9.23. The highest BCUT2D eigenvalue weighted by Crippen LogP contribution is 2.24. The summed E-state index contributed by atoms with van der Waals surface area (Å²) in [6.45, 7) is 6.07. The van der Waals surface area contributed by atoms with Gasteiger partial charge in [0.15, 0.2) is 0 Å². The number of aliphatic hydroxyl groups excluding tert-OH is 1. The van der Waals surface area contributed by atoms with Gasteiger partial charge in [0, 0.05) is 18.2 Å². The molecule has 0 radical (unpaired) electrons. The Kier molecular flexibility index (Phi) is 7.30. The second-order valence-electron chi connectivity index (χ2n) is 4.78. The summed E-state index contributed by atoms with van der Waals surface area (Å²) in [5.41, 5.74) is 0.753. The van der Waals surface area contributed by atoms with E-state index in [9.17, 15) is 5.11 Å². The number of rotatable bonds is 9. The number of aliphatic hydroxyl groups is 1. The van der Waals surface area contributed by atoms with Crippen molar-refractivity contribution in [1.29, 1.82) is 0 Å². The van der Waals surface area contributed by atoms with Crippen LogP contribution in [0, 0.1) is 5.92 Å². The van der Waals surface area contributed by atoms with E-state index in [1.54, 1.807) is 25.3 Å². The quantitative estimate of drug-likeness (QED) is 0.699. The second kappa shape index (κ2) is 8.77. The lowest BCUT2D eigenvalue weighted by Crippen LogP contribution is -2.09. The summed E-state index contributed by atoms with van der Waals surface area (Å²) in [5, 5.41) is 9.23. The molecule has 0 saturated carbocycles. The second-order valence-corrected chi connectivity index (χ2v) is 4.78. The summed E-state index contributed by atoms with van der Waals surface area (Å²) < 4.78 is 16.2. The molecule has 0 heterocycles. The fourth-order valence-corrected chi connectivity index (χ4v) is 1.56. The third kappa shape index (κ3) is 5.94. The number of hydrogen-bond donors (Lipinski definition) is 1. The minimum absolute atomic E-state index is 0.0481. The van der Waals surface area contributed by atoms with Gasteiger partial charge in [-0.1, -0.05) is 13.8 Å². The molecule has 1 rings (SSSR count). The van der Waals surface area contributed by atoms with Crippen LogP contribution in [0.4, 0.5) is 0 Å². The molecule has 0 unspecified atom stereocenters. The SMILES string of the molecule is COc1ccc(CO)c(OCCOCCC(C)C)c1. The number of methoxy groups -OCH3 is 1. The van der Waals surface area contributed by atoms with Crippen LogP contribution in [0.15, 0.2) is 18.2 Å². The monoisotopic (exact) mass is 268 g/mol. The fourth-order valence-electron chi connectivity index (χ4n) is 1.56. The first-order valence-electron chi connectivity index (χ1n) is 6.65. The Morgan fingerprint density at radius 1 is 1.16 bits per heavy atom. The molecule has 1 aromatic rings. The van der Waals surface area contributed by atoms with Crippen LogP contribution in [-0.2, 0) is 11.3 Å². The summed E-state index contributed by atoms with van der Waals surface area (Å²) >= 11 is 0. The molecule has 0 aromatic heterocycles. The molecule has 0 atom stereocenters.